The van der Waals surface area contributed by atoms with Crippen molar-refractivity contribution in [1.82, 2.24) is 4.90 Å². The van der Waals surface area contributed by atoms with Gasteiger partial charge in [-0.25, -0.2) is 0 Å². The summed E-state index contributed by atoms with van der Waals surface area (Å²) < 4.78 is 12.2. The molecule has 0 saturated heterocycles. The van der Waals surface area contributed by atoms with Gasteiger partial charge in [-0.2, -0.15) is 4.99 Å². The van der Waals surface area contributed by atoms with E-state index < -0.39 is 5.91 Å². The minimum atomic E-state index is -0.410. The summed E-state index contributed by atoms with van der Waals surface area (Å²) in [7, 11) is 0. The first-order chi connectivity index (χ1) is 14.5. The number of nitrogens with one attached hydrogen (secondary N) is 1. The summed E-state index contributed by atoms with van der Waals surface area (Å²) in [6.45, 7) is 2.85. The van der Waals surface area contributed by atoms with Crippen LogP contribution in [-0.2, 0) is 4.79 Å². The van der Waals surface area contributed by atoms with Crippen LogP contribution in [0.1, 0.15) is 11.1 Å². The lowest BCUT2D eigenvalue weighted by Gasteiger charge is -2.22. The van der Waals surface area contributed by atoms with E-state index in [0.29, 0.717) is 24.1 Å². The van der Waals surface area contributed by atoms with Gasteiger partial charge in [-0.3, -0.25) is 15.1 Å². The van der Waals surface area contributed by atoms with Crippen LogP contribution < -0.4 is 9.47 Å². The van der Waals surface area contributed by atoms with Crippen LogP contribution in [0.25, 0.3) is 6.08 Å². The van der Waals surface area contributed by atoms with E-state index >= 15 is 0 Å². The highest BCUT2D eigenvalue weighted by Gasteiger charge is 2.30. The summed E-state index contributed by atoms with van der Waals surface area (Å²) in [5, 5.41) is 10.6. The molecule has 4 rings (SSSR count). The zero-order valence-electron chi connectivity index (χ0n) is 16.1. The van der Waals surface area contributed by atoms with E-state index in [0.717, 1.165) is 15.8 Å². The van der Waals surface area contributed by atoms with Crippen LogP contribution in [0.15, 0.2) is 69.1 Å². The molecule has 0 aliphatic carbocycles. The molecule has 0 radical (unpaired) electrons. The molecule has 8 heteroatoms. The number of benzene rings is 2. The lowest BCUT2D eigenvalue weighted by molar-refractivity contribution is -0.114. The van der Waals surface area contributed by atoms with Crippen LogP contribution in [-0.4, -0.2) is 35.0 Å². The number of carbonyl (C=O) groups excluding carboxylic acids is 1. The highest BCUT2D eigenvalue weighted by atomic mass is 79.9. The average molecular weight is 484 g/mol. The summed E-state index contributed by atoms with van der Waals surface area (Å²) in [5.41, 5.74) is 2.20. The minimum absolute atomic E-state index is 0.121. The van der Waals surface area contributed by atoms with E-state index in [2.05, 4.69) is 20.9 Å². The Morgan fingerprint density at radius 3 is 2.70 bits per heavy atom. The number of aliphatic imine (C=N–C) groups is 1. The number of fused-ring (bicyclic) bond motifs is 1. The predicted octanol–water partition coefficient (Wildman–Crippen LogP) is 4.99. The first kappa shape index (κ1) is 20.4. The van der Waals surface area contributed by atoms with Crippen LogP contribution >= 0.6 is 27.7 Å². The van der Waals surface area contributed by atoms with Crippen molar-refractivity contribution in [1.29, 1.82) is 5.41 Å². The molecule has 0 aromatic heterocycles. The van der Waals surface area contributed by atoms with Crippen LogP contribution in [0.5, 0.6) is 11.5 Å². The maximum absolute atomic E-state index is 12.3. The number of rotatable bonds is 6. The fourth-order valence-corrected chi connectivity index (χ4v) is 4.08. The van der Waals surface area contributed by atoms with Crippen molar-refractivity contribution in [2.45, 2.75) is 6.92 Å². The molecule has 152 valence electrons. The number of amidine groups is 2. The van der Waals surface area contributed by atoms with Gasteiger partial charge in [0.25, 0.3) is 5.91 Å². The van der Waals surface area contributed by atoms with Crippen molar-refractivity contribution in [2.24, 2.45) is 4.99 Å². The van der Waals surface area contributed by atoms with Gasteiger partial charge in [-0.05, 0) is 64.2 Å². The second kappa shape index (κ2) is 8.89. The van der Waals surface area contributed by atoms with Gasteiger partial charge in [0, 0.05) is 6.20 Å². The maximum atomic E-state index is 12.3. The molecule has 0 atom stereocenters. The molecule has 6 nitrogen and oxygen atoms in total. The van der Waals surface area contributed by atoms with E-state index in [1.54, 1.807) is 22.6 Å². The first-order valence-corrected chi connectivity index (χ1v) is 10.9. The smallest absolute Gasteiger partial charge is 0.283 e. The zero-order valence-corrected chi connectivity index (χ0v) is 18.5. The Labute approximate surface area is 186 Å². The fraction of sp³-hybridized carbons (Fsp3) is 0.136. The van der Waals surface area contributed by atoms with E-state index in [4.69, 9.17) is 14.9 Å². The second-order valence-electron chi connectivity index (χ2n) is 6.58. The molecule has 0 spiro atoms. The Kier molecular flexibility index (Phi) is 6.06. The molecule has 1 N–H and O–H groups in total. The Morgan fingerprint density at radius 1 is 1.17 bits per heavy atom. The average Bonchev–Trinajstić information content (AvgIpc) is 3.19. The van der Waals surface area contributed by atoms with Crippen molar-refractivity contribution < 1.29 is 14.3 Å². The minimum Gasteiger partial charge on any atom is -0.490 e. The van der Waals surface area contributed by atoms with Crippen LogP contribution in [0.2, 0.25) is 0 Å². The van der Waals surface area contributed by atoms with Gasteiger partial charge in [0.05, 0.1) is 10.0 Å². The van der Waals surface area contributed by atoms with E-state index in [-0.39, 0.29) is 11.4 Å². The Hall–Kier alpha value is -2.84. The maximum Gasteiger partial charge on any atom is 0.283 e. The van der Waals surface area contributed by atoms with Crippen molar-refractivity contribution in [3.8, 4) is 11.5 Å². The molecule has 2 aliphatic rings. The summed E-state index contributed by atoms with van der Waals surface area (Å²) in [6.07, 6.45) is 3.40. The summed E-state index contributed by atoms with van der Waals surface area (Å²) in [4.78, 5) is 17.9. The number of nitrogens with zero attached hydrogens (tertiary/aromatic N) is 2. The van der Waals surface area contributed by atoms with Gasteiger partial charge in [0.1, 0.15) is 30.5 Å². The number of hydrogen-bond donors (Lipinski definition) is 1. The zero-order chi connectivity index (χ0) is 21.1. The molecule has 0 bridgehead atoms. The number of carbonyl (C=O) groups is 1. The van der Waals surface area contributed by atoms with E-state index in [1.165, 1.54) is 17.3 Å². The van der Waals surface area contributed by atoms with Crippen molar-refractivity contribution in [2.75, 3.05) is 13.2 Å². The standard InChI is InChI=1S/C22H18BrN3O3S/c1-14-2-5-16(6-3-14)28-9-10-29-19-7-4-15(13-18(19)23)12-17-20(24)26-8-11-30-22(26)25-21(17)27/h2-8,11-13,24H,9-10H2,1H3. The van der Waals surface area contributed by atoms with E-state index in [9.17, 15) is 4.79 Å². The topological polar surface area (TPSA) is 75.0 Å². The van der Waals surface area contributed by atoms with E-state index in [1.807, 2.05) is 49.4 Å². The quantitative estimate of drug-likeness (QED) is 0.462. The first-order valence-electron chi connectivity index (χ1n) is 9.19. The Balaban J connectivity index is 1.39. The second-order valence-corrected chi connectivity index (χ2v) is 8.31. The van der Waals surface area contributed by atoms with Gasteiger partial charge < -0.3 is 9.47 Å². The highest BCUT2D eigenvalue weighted by molar-refractivity contribution is 9.10. The number of amides is 1. The van der Waals surface area contributed by atoms with Crippen LogP contribution in [0.3, 0.4) is 0 Å². The van der Waals surface area contributed by atoms with Crippen molar-refractivity contribution >= 4 is 50.7 Å². The van der Waals surface area contributed by atoms with Gasteiger partial charge >= 0.3 is 0 Å². The highest BCUT2D eigenvalue weighted by Crippen LogP contribution is 2.30. The predicted molar refractivity (Wildman–Crippen MR) is 123 cm³/mol. The Bertz CT molecular complexity index is 1090. The van der Waals surface area contributed by atoms with Crippen molar-refractivity contribution in [3.05, 3.63) is 75.2 Å². The number of hydrogen-bond acceptors (Lipinski definition) is 5. The molecule has 0 saturated carbocycles. The number of ether oxygens (including phenoxy) is 2. The third-order valence-corrected chi connectivity index (χ3v) is 5.79. The van der Waals surface area contributed by atoms with Gasteiger partial charge in [0.2, 0.25) is 0 Å². The third kappa shape index (κ3) is 4.49. The molecule has 0 unspecified atom stereocenters. The molecule has 2 aromatic rings. The molecule has 0 fully saturated rings. The van der Waals surface area contributed by atoms with Gasteiger partial charge in [-0.1, -0.05) is 35.5 Å². The van der Waals surface area contributed by atoms with Gasteiger partial charge in [-0.15, -0.1) is 0 Å². The lowest BCUT2D eigenvalue weighted by atomic mass is 10.1. The summed E-state index contributed by atoms with van der Waals surface area (Å²) >= 11 is 4.83. The molecule has 30 heavy (non-hydrogen) atoms. The number of aryl methyl sites for hydroxylation is 1. The molecular weight excluding hydrogens is 466 g/mol. The lowest BCUT2D eigenvalue weighted by Crippen LogP contribution is -2.35. The number of thioether (sulfide) groups is 1. The van der Waals surface area contributed by atoms with Crippen molar-refractivity contribution in [3.63, 3.8) is 0 Å². The van der Waals surface area contributed by atoms with Crippen LogP contribution in [0, 0.1) is 12.3 Å². The van der Waals surface area contributed by atoms with Crippen LogP contribution in [0.4, 0.5) is 0 Å². The SMILES string of the molecule is Cc1ccc(OCCOc2ccc(C=C3C(=N)N4C=CSC4=NC3=O)cc2Br)cc1. The molecule has 2 aliphatic heterocycles. The fourth-order valence-electron chi connectivity index (χ4n) is 2.87. The summed E-state index contributed by atoms with van der Waals surface area (Å²) in [5.74, 6) is 1.19. The summed E-state index contributed by atoms with van der Waals surface area (Å²) in [6, 6.07) is 13.4. The third-order valence-electron chi connectivity index (χ3n) is 4.41. The Morgan fingerprint density at radius 2 is 1.93 bits per heavy atom. The number of halogens is 1. The molecular formula is C22H18BrN3O3S. The van der Waals surface area contributed by atoms with Gasteiger partial charge in [0.15, 0.2) is 5.17 Å². The molecule has 2 heterocycles. The molecule has 2 aromatic carbocycles. The normalized spacial score (nSPS) is 16.7. The largest absolute Gasteiger partial charge is 0.490 e. The molecule has 1 amide bonds. The monoisotopic (exact) mass is 483 g/mol.